The van der Waals surface area contributed by atoms with Crippen LogP contribution in [0.3, 0.4) is 0 Å². The Bertz CT molecular complexity index is 1570. The molecule has 0 fully saturated rings. The van der Waals surface area contributed by atoms with Crippen LogP contribution in [0.1, 0.15) is 64.0 Å². The highest BCUT2D eigenvalue weighted by molar-refractivity contribution is 6.99. The van der Waals surface area contributed by atoms with Crippen molar-refractivity contribution in [2.24, 2.45) is 0 Å². The van der Waals surface area contributed by atoms with Gasteiger partial charge >= 0.3 is 6.09 Å². The number of amides is 1. The van der Waals surface area contributed by atoms with E-state index in [4.69, 9.17) is 13.9 Å². The van der Waals surface area contributed by atoms with Crippen molar-refractivity contribution in [3.05, 3.63) is 132 Å². The minimum atomic E-state index is -2.61. The summed E-state index contributed by atoms with van der Waals surface area (Å²) < 4.78 is 18.2. The SMILES string of the molecule is CC(C)(C)[Si](OCCCC#CC(=O)C[C@H](CCCOCc1ccccc1)NC(=O)OCc1ccccc1)(c1ccccc1)c1ccccc1. The van der Waals surface area contributed by atoms with Crippen LogP contribution in [0.2, 0.25) is 5.04 Å². The molecule has 1 amide bonds. The molecule has 0 aromatic heterocycles. The molecule has 49 heavy (non-hydrogen) atoms. The third-order valence-corrected chi connectivity index (χ3v) is 13.4. The largest absolute Gasteiger partial charge is 0.445 e. The lowest BCUT2D eigenvalue weighted by Gasteiger charge is -2.43. The highest BCUT2D eigenvalue weighted by Gasteiger charge is 2.49. The Kier molecular flexibility index (Phi) is 14.9. The molecule has 0 aliphatic carbocycles. The average Bonchev–Trinajstić information content (AvgIpc) is 3.11. The molecule has 0 saturated carbocycles. The molecule has 0 unspecified atom stereocenters. The lowest BCUT2D eigenvalue weighted by molar-refractivity contribution is -0.114. The van der Waals surface area contributed by atoms with Gasteiger partial charge in [-0.3, -0.25) is 4.79 Å². The van der Waals surface area contributed by atoms with E-state index in [9.17, 15) is 9.59 Å². The fourth-order valence-electron chi connectivity index (χ4n) is 5.94. The summed E-state index contributed by atoms with van der Waals surface area (Å²) >= 11 is 0. The molecule has 1 N–H and O–H groups in total. The summed E-state index contributed by atoms with van der Waals surface area (Å²) in [5, 5.41) is 5.25. The van der Waals surface area contributed by atoms with Gasteiger partial charge in [-0.1, -0.05) is 148 Å². The molecule has 6 nitrogen and oxygen atoms in total. The summed E-state index contributed by atoms with van der Waals surface area (Å²) in [7, 11) is -2.61. The predicted molar refractivity (Wildman–Crippen MR) is 199 cm³/mol. The van der Waals surface area contributed by atoms with Crippen molar-refractivity contribution in [2.45, 2.75) is 77.2 Å². The van der Waals surface area contributed by atoms with Crippen LogP contribution < -0.4 is 15.7 Å². The number of carbonyl (C=O) groups is 2. The number of ketones is 1. The summed E-state index contributed by atoms with van der Waals surface area (Å²) in [5.74, 6) is 5.64. The maximum Gasteiger partial charge on any atom is 0.407 e. The molecule has 0 spiro atoms. The van der Waals surface area contributed by atoms with Gasteiger partial charge in [0.2, 0.25) is 5.78 Å². The molecular weight excluding hydrogens is 627 g/mol. The molecule has 0 aliphatic heterocycles. The van der Waals surface area contributed by atoms with Gasteiger partial charge < -0.3 is 19.2 Å². The molecule has 0 saturated heterocycles. The molecular formula is C42H49NO5Si. The minimum Gasteiger partial charge on any atom is -0.445 e. The second-order valence-corrected chi connectivity index (χ2v) is 17.4. The number of Topliss-reactive ketones (excluding diaryl/α,β-unsaturated/α-hetero) is 1. The van der Waals surface area contributed by atoms with E-state index in [1.54, 1.807) is 0 Å². The number of ether oxygens (including phenoxy) is 2. The normalized spacial score (nSPS) is 12.0. The van der Waals surface area contributed by atoms with Crippen molar-refractivity contribution in [3.63, 3.8) is 0 Å². The molecule has 4 rings (SSSR count). The third kappa shape index (κ3) is 11.9. The number of hydrogen-bond donors (Lipinski definition) is 1. The van der Waals surface area contributed by atoms with Crippen molar-refractivity contribution < 1.29 is 23.5 Å². The van der Waals surface area contributed by atoms with Gasteiger partial charge in [-0.2, -0.15) is 0 Å². The van der Waals surface area contributed by atoms with E-state index in [0.29, 0.717) is 45.5 Å². The van der Waals surface area contributed by atoms with Crippen LogP contribution in [0.5, 0.6) is 0 Å². The third-order valence-electron chi connectivity index (χ3n) is 8.33. The number of carbonyl (C=O) groups excluding carboxylic acids is 2. The van der Waals surface area contributed by atoms with Gasteiger partial charge in [0.25, 0.3) is 8.32 Å². The van der Waals surface area contributed by atoms with Crippen LogP contribution in [-0.2, 0) is 31.9 Å². The van der Waals surface area contributed by atoms with E-state index >= 15 is 0 Å². The van der Waals surface area contributed by atoms with E-state index < -0.39 is 20.5 Å². The maximum absolute atomic E-state index is 13.0. The Labute approximate surface area is 293 Å². The van der Waals surface area contributed by atoms with Gasteiger partial charge in [0.15, 0.2) is 0 Å². The number of alkyl carbamates (subject to hydrolysis) is 1. The summed E-state index contributed by atoms with van der Waals surface area (Å²) in [5.41, 5.74) is 1.99. The maximum atomic E-state index is 13.0. The molecule has 0 radical (unpaired) electrons. The summed E-state index contributed by atoms with van der Waals surface area (Å²) in [6, 6.07) is 40.2. The molecule has 4 aromatic rings. The van der Waals surface area contributed by atoms with Crippen LogP contribution in [0.4, 0.5) is 4.79 Å². The lowest BCUT2D eigenvalue weighted by atomic mass is 10.1. The predicted octanol–water partition coefficient (Wildman–Crippen LogP) is 7.60. The zero-order valence-corrected chi connectivity index (χ0v) is 30.0. The number of unbranched alkanes of at least 4 members (excludes halogenated alkanes) is 1. The van der Waals surface area contributed by atoms with Gasteiger partial charge in [-0.25, -0.2) is 4.79 Å². The van der Waals surface area contributed by atoms with Gasteiger partial charge in [0.1, 0.15) is 6.61 Å². The Hall–Kier alpha value is -4.48. The molecule has 7 heteroatoms. The quantitative estimate of drug-likeness (QED) is 0.0540. The first-order chi connectivity index (χ1) is 23.8. The van der Waals surface area contributed by atoms with E-state index in [0.717, 1.165) is 11.1 Å². The van der Waals surface area contributed by atoms with Gasteiger partial charge in [-0.15, -0.1) is 0 Å². The highest BCUT2D eigenvalue weighted by Crippen LogP contribution is 2.36. The monoisotopic (exact) mass is 675 g/mol. The van der Waals surface area contributed by atoms with Gasteiger partial charge in [0.05, 0.1) is 6.61 Å². The van der Waals surface area contributed by atoms with Gasteiger partial charge in [0, 0.05) is 32.1 Å². The zero-order chi connectivity index (χ0) is 34.8. The smallest absolute Gasteiger partial charge is 0.407 e. The van der Waals surface area contributed by atoms with Crippen molar-refractivity contribution >= 4 is 30.6 Å². The summed E-state index contributed by atoms with van der Waals surface area (Å²) in [6.45, 7) is 8.50. The van der Waals surface area contributed by atoms with Crippen LogP contribution in [0, 0.1) is 11.8 Å². The Morgan fingerprint density at radius 3 is 1.80 bits per heavy atom. The first kappa shape index (κ1) is 37.3. The Morgan fingerprint density at radius 1 is 0.714 bits per heavy atom. The molecule has 0 bridgehead atoms. The average molecular weight is 676 g/mol. The summed E-state index contributed by atoms with van der Waals surface area (Å²) in [4.78, 5) is 25.6. The molecule has 1 atom stereocenters. The number of nitrogens with one attached hydrogen (secondary N) is 1. The minimum absolute atomic E-state index is 0.102. The van der Waals surface area contributed by atoms with Crippen molar-refractivity contribution in [1.82, 2.24) is 5.32 Å². The second-order valence-electron chi connectivity index (χ2n) is 13.1. The summed E-state index contributed by atoms with van der Waals surface area (Å²) in [6.07, 6.45) is 2.03. The van der Waals surface area contributed by atoms with Crippen molar-refractivity contribution in [2.75, 3.05) is 13.2 Å². The molecule has 0 aliphatic rings. The van der Waals surface area contributed by atoms with Crippen molar-refractivity contribution in [3.8, 4) is 11.8 Å². The standard InChI is InChI=1S/C42H49NO5Si/c1-42(2,3)49(39-26-14-6-15-27-39,40-28-16-7-17-29-40)48-31-18-8-13-25-38(44)32-37(24-19-30-46-33-35-20-9-4-10-21-35)43-41(45)47-34-36-22-11-5-12-23-36/h4-7,9-12,14-17,20-23,26-29,37H,8,18-19,24,30-34H2,1-3H3,(H,43,45)/t37-/m0/s1. The van der Waals surface area contributed by atoms with E-state index in [1.807, 2.05) is 72.8 Å². The Balaban J connectivity index is 1.31. The van der Waals surface area contributed by atoms with E-state index in [1.165, 1.54) is 10.4 Å². The molecule has 4 aromatic carbocycles. The van der Waals surface area contributed by atoms with Crippen molar-refractivity contribution in [1.29, 1.82) is 0 Å². The van der Waals surface area contributed by atoms with Crippen LogP contribution in [0.15, 0.2) is 121 Å². The van der Waals surface area contributed by atoms with E-state index in [2.05, 4.69) is 86.5 Å². The van der Waals surface area contributed by atoms with E-state index in [-0.39, 0.29) is 23.8 Å². The first-order valence-electron chi connectivity index (χ1n) is 17.1. The first-order valence-corrected chi connectivity index (χ1v) is 19.0. The number of rotatable bonds is 17. The fourth-order valence-corrected chi connectivity index (χ4v) is 10.5. The topological polar surface area (TPSA) is 73.9 Å². The fraction of sp³-hybridized carbons (Fsp3) is 0.333. The zero-order valence-electron chi connectivity index (χ0n) is 29.0. The highest BCUT2D eigenvalue weighted by atomic mass is 28.4. The Morgan fingerprint density at radius 2 is 1.24 bits per heavy atom. The lowest BCUT2D eigenvalue weighted by Crippen LogP contribution is -2.66. The van der Waals surface area contributed by atoms with Crippen LogP contribution in [-0.4, -0.2) is 39.4 Å². The molecule has 256 valence electrons. The van der Waals surface area contributed by atoms with Crippen LogP contribution in [0.25, 0.3) is 0 Å². The second kappa shape index (κ2) is 19.5. The number of hydrogen-bond acceptors (Lipinski definition) is 5. The molecule has 0 heterocycles. The van der Waals surface area contributed by atoms with Crippen LogP contribution >= 0.6 is 0 Å². The van der Waals surface area contributed by atoms with Gasteiger partial charge in [-0.05, 0) is 51.7 Å². The number of benzene rings is 4.